The number of rotatable bonds is 10. The zero-order valence-electron chi connectivity index (χ0n) is 17.3. The molecule has 0 aliphatic carbocycles. The molecule has 0 fully saturated rings. The van der Waals surface area contributed by atoms with E-state index >= 15 is 0 Å². The first kappa shape index (κ1) is 33.5. The Morgan fingerprint density at radius 3 is 1.26 bits per heavy atom. The number of hydrogen-bond acceptors (Lipinski definition) is 3. The molecule has 0 saturated carbocycles. The van der Waals surface area contributed by atoms with Gasteiger partial charge in [-0.2, -0.15) is 65.9 Å². The summed E-state index contributed by atoms with van der Waals surface area (Å²) in [6.45, 7) is 0. The second kappa shape index (κ2) is 9.61. The first-order valence-electron chi connectivity index (χ1n) is 8.71. The van der Waals surface area contributed by atoms with Crippen LogP contribution in [0, 0.1) is 0 Å². The molecule has 0 heterocycles. The van der Waals surface area contributed by atoms with Crippen molar-refractivity contribution in [3.05, 3.63) is 41.0 Å². The maximum atomic E-state index is 13.9. The lowest BCUT2D eigenvalue weighted by molar-refractivity contribution is -0.419. The van der Waals surface area contributed by atoms with Crippen molar-refractivity contribution in [1.82, 2.24) is 0 Å². The molecule has 2 N–H and O–H groups in total. The van der Waals surface area contributed by atoms with Crippen molar-refractivity contribution in [3.63, 3.8) is 0 Å². The van der Waals surface area contributed by atoms with Crippen LogP contribution in [-0.2, 0) is 0 Å². The highest BCUT2D eigenvalue weighted by atomic mass is 19.4. The largest absolute Gasteiger partial charge is 0.478 e. The number of benzene rings is 1. The van der Waals surface area contributed by atoms with Gasteiger partial charge < -0.3 is 14.9 Å². The Balaban J connectivity index is 3.68. The van der Waals surface area contributed by atoms with Crippen LogP contribution < -0.4 is 4.74 Å². The summed E-state index contributed by atoms with van der Waals surface area (Å²) in [4.78, 5) is 21.7. The molecule has 1 aromatic rings. The molecule has 22 heteroatoms. The molecule has 0 aliphatic heterocycles. The first-order chi connectivity index (χ1) is 17.0. The molecule has 5 nitrogen and oxygen atoms in total. The highest BCUT2D eigenvalue weighted by Crippen LogP contribution is 2.60. The second-order valence-corrected chi connectivity index (χ2v) is 6.97. The third-order valence-corrected chi connectivity index (χ3v) is 4.30. The van der Waals surface area contributed by atoms with Gasteiger partial charge in [0.2, 0.25) is 11.7 Å². The van der Waals surface area contributed by atoms with Gasteiger partial charge in [-0.05, 0) is 18.2 Å². The van der Waals surface area contributed by atoms with E-state index in [2.05, 4.69) is 4.74 Å². The monoisotopic (exact) mass is 612 g/mol. The number of ether oxygens (including phenoxy) is 1. The molecule has 0 spiro atoms. The minimum atomic E-state index is -8.43. The number of aromatic carboxylic acids is 2. The molecule has 0 aromatic heterocycles. The standard InChI is InChI=1S/C17H5F17O5/c18-7(11(20,21)13(24,25)14(26,27)15(28,29)16(30,31)32)8(19)12(22,23)17(33,34)39-6-2-4(9(35)36)1-5(3-6)10(37)38/h1-3H,(H,35,36)(H,37,38)/b8-7+. The number of alkyl halides is 15. The van der Waals surface area contributed by atoms with E-state index in [-0.39, 0.29) is 18.2 Å². The van der Waals surface area contributed by atoms with Gasteiger partial charge in [-0.3, -0.25) is 0 Å². The van der Waals surface area contributed by atoms with Gasteiger partial charge in [-0.1, -0.05) is 0 Å². The predicted molar refractivity (Wildman–Crippen MR) is 86.0 cm³/mol. The molecule has 1 rings (SSSR count). The van der Waals surface area contributed by atoms with E-state index in [1.165, 1.54) is 0 Å². The molecule has 1 aromatic carbocycles. The van der Waals surface area contributed by atoms with Crippen LogP contribution in [0.2, 0.25) is 0 Å². The van der Waals surface area contributed by atoms with Gasteiger partial charge in [0.15, 0.2) is 0 Å². The molecule has 0 atom stereocenters. The molecule has 222 valence electrons. The van der Waals surface area contributed by atoms with Gasteiger partial charge in [-0.25, -0.2) is 18.4 Å². The van der Waals surface area contributed by atoms with E-state index in [1.807, 2.05) is 0 Å². The fourth-order valence-corrected chi connectivity index (χ4v) is 2.23. The SMILES string of the molecule is O=C(O)c1cc(OC(F)(F)C(F)(F)/C(F)=C(\F)C(F)(F)C(F)(F)C(F)(F)C(F)(F)C(F)(F)F)cc(C(=O)O)c1. The maximum Gasteiger partial charge on any atom is 0.471 e. The third-order valence-electron chi connectivity index (χ3n) is 4.30. The van der Waals surface area contributed by atoms with Gasteiger partial charge in [0.25, 0.3) is 0 Å². The van der Waals surface area contributed by atoms with E-state index in [9.17, 15) is 84.2 Å². The summed E-state index contributed by atoms with van der Waals surface area (Å²) in [6.07, 6.45) is -14.6. The topological polar surface area (TPSA) is 83.8 Å². The molecule has 0 aliphatic rings. The second-order valence-electron chi connectivity index (χ2n) is 6.97. The zero-order valence-corrected chi connectivity index (χ0v) is 17.3. The summed E-state index contributed by atoms with van der Waals surface area (Å²) in [7, 11) is 0. The number of halogens is 17. The molecule has 39 heavy (non-hydrogen) atoms. The summed E-state index contributed by atoms with van der Waals surface area (Å²) in [5, 5.41) is 17.5. The van der Waals surface area contributed by atoms with Gasteiger partial charge in [0.1, 0.15) is 5.75 Å². The van der Waals surface area contributed by atoms with E-state index < -0.39 is 82.4 Å². The Kier molecular flexibility index (Phi) is 8.26. The Bertz CT molecular complexity index is 1140. The van der Waals surface area contributed by atoms with Crippen LogP contribution in [0.3, 0.4) is 0 Å². The van der Waals surface area contributed by atoms with Gasteiger partial charge >= 0.3 is 53.8 Å². The smallest absolute Gasteiger partial charge is 0.471 e. The van der Waals surface area contributed by atoms with Crippen molar-refractivity contribution in [3.8, 4) is 5.75 Å². The maximum absolute atomic E-state index is 13.9. The lowest BCUT2D eigenvalue weighted by Crippen LogP contribution is -2.66. The van der Waals surface area contributed by atoms with Gasteiger partial charge in [-0.15, -0.1) is 0 Å². The summed E-state index contributed by atoms with van der Waals surface area (Å²) < 4.78 is 227. The minimum Gasteiger partial charge on any atom is -0.478 e. The lowest BCUT2D eigenvalue weighted by atomic mass is 9.96. The first-order valence-corrected chi connectivity index (χ1v) is 8.71. The van der Waals surface area contributed by atoms with Crippen LogP contribution in [0.25, 0.3) is 0 Å². The highest BCUT2D eigenvalue weighted by Gasteiger charge is 2.88. The summed E-state index contributed by atoms with van der Waals surface area (Å²) in [6, 6.07) is -0.202. The third kappa shape index (κ3) is 5.36. The Hall–Kier alpha value is -3.49. The lowest BCUT2D eigenvalue weighted by Gasteiger charge is -2.37. The highest BCUT2D eigenvalue weighted by molar-refractivity contribution is 5.94. The Labute approximate surface area is 201 Å². The van der Waals surface area contributed by atoms with Gasteiger partial charge in [0, 0.05) is 0 Å². The van der Waals surface area contributed by atoms with Crippen molar-refractivity contribution in [2.45, 2.75) is 41.9 Å². The normalized spacial score (nSPS) is 15.1. The number of carboxylic acid groups (broad SMARTS) is 2. The minimum absolute atomic E-state index is 0.188. The zero-order chi connectivity index (χ0) is 31.4. The van der Waals surface area contributed by atoms with E-state index in [0.717, 1.165) is 0 Å². The molecule has 0 unspecified atom stereocenters. The number of carboxylic acids is 2. The fraction of sp³-hybridized carbons (Fsp3) is 0.412. The Morgan fingerprint density at radius 1 is 0.564 bits per heavy atom. The van der Waals surface area contributed by atoms with Crippen molar-refractivity contribution in [1.29, 1.82) is 0 Å². The van der Waals surface area contributed by atoms with Crippen LogP contribution in [0.15, 0.2) is 29.9 Å². The molecule has 0 bridgehead atoms. The van der Waals surface area contributed by atoms with Crippen molar-refractivity contribution >= 4 is 11.9 Å². The molecule has 0 amide bonds. The van der Waals surface area contributed by atoms with Crippen LogP contribution in [0.1, 0.15) is 20.7 Å². The van der Waals surface area contributed by atoms with Crippen molar-refractivity contribution in [2.75, 3.05) is 0 Å². The Morgan fingerprint density at radius 2 is 0.923 bits per heavy atom. The van der Waals surface area contributed by atoms with Crippen LogP contribution in [-0.4, -0.2) is 64.0 Å². The van der Waals surface area contributed by atoms with Gasteiger partial charge in [0.05, 0.1) is 11.1 Å². The number of allylic oxidation sites excluding steroid dienone is 1. The molecular weight excluding hydrogens is 607 g/mol. The predicted octanol–water partition coefficient (Wildman–Crippen LogP) is 6.94. The van der Waals surface area contributed by atoms with E-state index in [0.29, 0.717) is 0 Å². The fourth-order valence-electron chi connectivity index (χ4n) is 2.23. The summed E-state index contributed by atoms with van der Waals surface area (Å²) in [5.74, 6) is -57.2. The summed E-state index contributed by atoms with van der Waals surface area (Å²) in [5.41, 5.74) is -2.66. The van der Waals surface area contributed by atoms with Crippen LogP contribution >= 0.6 is 0 Å². The molecule has 0 saturated heterocycles. The molecular formula is C17H5F17O5. The van der Waals surface area contributed by atoms with E-state index in [1.54, 1.807) is 0 Å². The van der Waals surface area contributed by atoms with E-state index in [4.69, 9.17) is 10.2 Å². The number of hydrogen-bond donors (Lipinski definition) is 2. The summed E-state index contributed by atoms with van der Waals surface area (Å²) >= 11 is 0. The average molecular weight is 612 g/mol. The van der Waals surface area contributed by atoms with Crippen molar-refractivity contribution in [2.24, 2.45) is 0 Å². The van der Waals surface area contributed by atoms with Crippen molar-refractivity contribution < 1.29 is 99.2 Å². The average Bonchev–Trinajstić information content (AvgIpc) is 2.75. The van der Waals surface area contributed by atoms with Crippen LogP contribution in [0.4, 0.5) is 74.6 Å². The molecule has 0 radical (unpaired) electrons. The van der Waals surface area contributed by atoms with Crippen LogP contribution in [0.5, 0.6) is 5.75 Å². The quantitative estimate of drug-likeness (QED) is 0.280. The number of carbonyl (C=O) groups is 2.